The molecule has 1 aliphatic rings. The smallest absolute Gasteiger partial charge is 0.302 e. The zero-order chi connectivity index (χ0) is 22.2. The van der Waals surface area contributed by atoms with Crippen LogP contribution in [0.2, 0.25) is 0 Å². The molecule has 0 aromatic rings. The van der Waals surface area contributed by atoms with Crippen LogP contribution in [-0.4, -0.2) is 98.0 Å². The van der Waals surface area contributed by atoms with Crippen LogP contribution in [0.3, 0.4) is 0 Å². The Morgan fingerprint density at radius 1 is 0.969 bits per heavy atom. The van der Waals surface area contributed by atoms with Crippen LogP contribution in [0.4, 0.5) is 0 Å². The Balaban J connectivity index is 0. The van der Waals surface area contributed by atoms with E-state index < -0.39 is 6.10 Å². The Hall–Kier alpha value is -1.26. The fourth-order valence-corrected chi connectivity index (χ4v) is 3.60. The lowest BCUT2D eigenvalue weighted by atomic mass is 10.0. The number of carbonyl (C=O) groups is 2. The number of aliphatic hydroxyl groups is 2. The number of hydrogen-bond acceptors (Lipinski definition) is 8. The Morgan fingerprint density at radius 3 is 2.31 bits per heavy atom. The summed E-state index contributed by atoms with van der Waals surface area (Å²) in [5, 5.41) is 17.7. The van der Waals surface area contributed by atoms with E-state index in [0.29, 0.717) is 32.5 Å². The number of likely N-dealkylation sites (tertiary alicyclic amines) is 1. The third kappa shape index (κ3) is 14.7. The van der Waals surface area contributed by atoms with Gasteiger partial charge in [-0.25, -0.2) is 0 Å². The van der Waals surface area contributed by atoms with Gasteiger partial charge in [-0.05, 0) is 19.8 Å². The number of esters is 1. The third-order valence-electron chi connectivity index (χ3n) is 4.96. The van der Waals surface area contributed by atoms with E-state index in [4.69, 9.17) is 29.2 Å². The lowest BCUT2D eigenvalue weighted by Crippen LogP contribution is -2.41. The second-order valence-electron chi connectivity index (χ2n) is 7.58. The van der Waals surface area contributed by atoms with Gasteiger partial charge in [0.25, 0.3) is 0 Å². The Morgan fingerprint density at radius 2 is 1.66 bits per heavy atom. The minimum atomic E-state index is -0.422. The standard InChI is InChI=1S/C21H39NO8.2CH4/c1-17(22-7-5-3-4-6-21(22)26)14-19(30-18(2)25)15-20(16-28-11-9-24)29-13-12-27-10-8-23;;/h17,19-20,23-24H,3-16H2,1-2H3;2*1H4. The minimum absolute atomic E-state index is 0. The first kappa shape index (κ1) is 32.9. The topological polar surface area (TPSA) is 115 Å². The number of aliphatic hydroxyl groups excluding tert-OH is 2. The lowest BCUT2D eigenvalue weighted by Gasteiger charge is -2.32. The van der Waals surface area contributed by atoms with Gasteiger partial charge < -0.3 is 34.1 Å². The van der Waals surface area contributed by atoms with Gasteiger partial charge >= 0.3 is 5.97 Å². The van der Waals surface area contributed by atoms with Crippen molar-refractivity contribution in [2.75, 3.05) is 52.8 Å². The Labute approximate surface area is 194 Å². The molecule has 0 aromatic carbocycles. The maximum atomic E-state index is 12.4. The van der Waals surface area contributed by atoms with Gasteiger partial charge in [0.1, 0.15) is 6.10 Å². The maximum Gasteiger partial charge on any atom is 0.302 e. The summed E-state index contributed by atoms with van der Waals surface area (Å²) in [5.74, 6) is -0.225. The van der Waals surface area contributed by atoms with Crippen molar-refractivity contribution < 1.29 is 38.7 Å². The summed E-state index contributed by atoms with van der Waals surface area (Å²) >= 11 is 0. The molecule has 1 amide bonds. The molecule has 1 saturated heterocycles. The second kappa shape index (κ2) is 20.4. The van der Waals surface area contributed by atoms with Crippen LogP contribution in [0.25, 0.3) is 0 Å². The quantitative estimate of drug-likeness (QED) is 0.263. The first-order valence-corrected chi connectivity index (χ1v) is 10.9. The average molecular weight is 466 g/mol. The Kier molecular flexibility index (Phi) is 20.9. The maximum absolute atomic E-state index is 12.4. The van der Waals surface area contributed by atoms with E-state index in [-0.39, 0.29) is 71.9 Å². The van der Waals surface area contributed by atoms with Crippen molar-refractivity contribution in [3.8, 4) is 0 Å². The highest BCUT2D eigenvalue weighted by Gasteiger charge is 2.27. The van der Waals surface area contributed by atoms with E-state index in [1.165, 1.54) is 6.92 Å². The molecule has 2 N–H and O–H groups in total. The number of ether oxygens (including phenoxy) is 4. The van der Waals surface area contributed by atoms with Crippen LogP contribution >= 0.6 is 0 Å². The van der Waals surface area contributed by atoms with Crippen molar-refractivity contribution >= 4 is 11.9 Å². The zero-order valence-electron chi connectivity index (χ0n) is 18.4. The molecule has 9 nitrogen and oxygen atoms in total. The predicted molar refractivity (Wildman–Crippen MR) is 123 cm³/mol. The molecule has 0 bridgehead atoms. The Bertz CT molecular complexity index is 477. The van der Waals surface area contributed by atoms with Gasteiger partial charge in [-0.3, -0.25) is 9.59 Å². The van der Waals surface area contributed by atoms with E-state index in [1.54, 1.807) is 0 Å². The molecule has 0 radical (unpaired) electrons. The van der Waals surface area contributed by atoms with Crippen molar-refractivity contribution in [3.63, 3.8) is 0 Å². The lowest BCUT2D eigenvalue weighted by molar-refractivity contribution is -0.150. The summed E-state index contributed by atoms with van der Waals surface area (Å²) in [4.78, 5) is 25.9. The number of hydrogen-bond donors (Lipinski definition) is 2. The van der Waals surface area contributed by atoms with Crippen molar-refractivity contribution in [3.05, 3.63) is 0 Å². The predicted octanol–water partition coefficient (Wildman–Crippen LogP) is 2.16. The number of amides is 1. The van der Waals surface area contributed by atoms with Gasteiger partial charge in [-0.1, -0.05) is 21.3 Å². The molecule has 3 unspecified atom stereocenters. The third-order valence-corrected chi connectivity index (χ3v) is 4.96. The van der Waals surface area contributed by atoms with Crippen LogP contribution in [0.1, 0.15) is 67.2 Å². The first-order valence-electron chi connectivity index (χ1n) is 10.9. The molecule has 1 aliphatic heterocycles. The van der Waals surface area contributed by atoms with Gasteiger partial charge in [0.2, 0.25) is 5.91 Å². The SMILES string of the molecule is C.C.CC(=O)OC(CC(COCCO)OCCOCCO)CC(C)N1CCCCCC1=O. The molecule has 192 valence electrons. The van der Waals surface area contributed by atoms with E-state index in [1.807, 2.05) is 11.8 Å². The van der Waals surface area contributed by atoms with Crippen LogP contribution in [0.15, 0.2) is 0 Å². The number of carbonyl (C=O) groups excluding carboxylic acids is 2. The van der Waals surface area contributed by atoms with E-state index in [9.17, 15) is 9.59 Å². The van der Waals surface area contributed by atoms with Crippen molar-refractivity contribution in [1.82, 2.24) is 4.90 Å². The fraction of sp³-hybridized carbons (Fsp3) is 0.913. The second-order valence-corrected chi connectivity index (χ2v) is 7.58. The molecule has 3 atom stereocenters. The van der Waals surface area contributed by atoms with Gasteiger partial charge in [-0.2, -0.15) is 0 Å². The molecule has 0 saturated carbocycles. The van der Waals surface area contributed by atoms with Crippen LogP contribution in [0.5, 0.6) is 0 Å². The van der Waals surface area contributed by atoms with Gasteiger partial charge in [0.15, 0.2) is 0 Å². The molecule has 0 aliphatic carbocycles. The summed E-state index contributed by atoms with van der Waals surface area (Å²) in [6.07, 6.45) is 3.69. The van der Waals surface area contributed by atoms with Crippen LogP contribution < -0.4 is 0 Å². The highest BCUT2D eigenvalue weighted by atomic mass is 16.6. The molecule has 32 heavy (non-hydrogen) atoms. The monoisotopic (exact) mass is 465 g/mol. The summed E-state index contributed by atoms with van der Waals surface area (Å²) in [6, 6.07) is -0.0492. The van der Waals surface area contributed by atoms with Gasteiger partial charge in [0, 0.05) is 38.8 Å². The van der Waals surface area contributed by atoms with Crippen molar-refractivity contribution in [1.29, 1.82) is 0 Å². The first-order chi connectivity index (χ1) is 14.5. The zero-order valence-corrected chi connectivity index (χ0v) is 18.4. The average Bonchev–Trinajstić information content (AvgIpc) is 2.91. The highest BCUT2D eigenvalue weighted by molar-refractivity contribution is 5.76. The van der Waals surface area contributed by atoms with Crippen molar-refractivity contribution in [2.24, 2.45) is 0 Å². The number of nitrogens with zero attached hydrogens (tertiary/aromatic N) is 1. The normalized spacial score (nSPS) is 16.9. The van der Waals surface area contributed by atoms with Gasteiger partial charge in [-0.15, -0.1) is 0 Å². The van der Waals surface area contributed by atoms with Gasteiger partial charge in [0.05, 0.1) is 52.4 Å². The highest BCUT2D eigenvalue weighted by Crippen LogP contribution is 2.20. The minimum Gasteiger partial charge on any atom is -0.462 e. The molecule has 0 spiro atoms. The van der Waals surface area contributed by atoms with Crippen molar-refractivity contribution in [2.45, 2.75) is 85.5 Å². The molecular weight excluding hydrogens is 418 g/mol. The van der Waals surface area contributed by atoms with E-state index in [2.05, 4.69) is 0 Å². The molecule has 1 rings (SSSR count). The molecule has 0 aromatic heterocycles. The summed E-state index contributed by atoms with van der Waals surface area (Å²) in [7, 11) is 0. The molecular formula is C23H47NO8. The molecule has 9 heteroatoms. The summed E-state index contributed by atoms with van der Waals surface area (Å²) < 4.78 is 22.0. The largest absolute Gasteiger partial charge is 0.462 e. The summed E-state index contributed by atoms with van der Waals surface area (Å²) in [5.41, 5.74) is 0. The molecule has 1 fully saturated rings. The van der Waals surface area contributed by atoms with Crippen LogP contribution in [-0.2, 0) is 28.5 Å². The fourth-order valence-electron chi connectivity index (χ4n) is 3.60. The van der Waals surface area contributed by atoms with E-state index >= 15 is 0 Å². The van der Waals surface area contributed by atoms with E-state index in [0.717, 1.165) is 25.8 Å². The number of rotatable bonds is 16. The van der Waals surface area contributed by atoms with Crippen LogP contribution in [0, 0.1) is 0 Å². The summed E-state index contributed by atoms with van der Waals surface area (Å²) in [6.45, 7) is 5.26. The molecule has 1 heterocycles.